The van der Waals surface area contributed by atoms with Crippen LogP contribution in [0.5, 0.6) is 0 Å². The molecule has 0 aliphatic carbocycles. The molecular weight excluding hydrogens is 474 g/mol. The first-order valence-electron chi connectivity index (χ1n) is 11.9. The zero-order chi connectivity index (χ0) is 25.2. The fourth-order valence-electron chi connectivity index (χ4n) is 4.50. The van der Waals surface area contributed by atoms with Gasteiger partial charge >= 0.3 is 0 Å². The van der Waals surface area contributed by atoms with Crippen LogP contribution in [0.4, 0.5) is 0 Å². The lowest BCUT2D eigenvalue weighted by atomic mass is 9.95. The summed E-state index contributed by atoms with van der Waals surface area (Å²) in [4.78, 5) is 17.7. The van der Waals surface area contributed by atoms with Crippen LogP contribution in [0.3, 0.4) is 0 Å². The molecule has 0 spiro atoms. The van der Waals surface area contributed by atoms with Crippen molar-refractivity contribution in [3.8, 4) is 16.8 Å². The molecule has 1 aromatic heterocycles. The highest BCUT2D eigenvalue weighted by atomic mass is 35.5. The fourth-order valence-corrected chi connectivity index (χ4v) is 4.62. The van der Waals surface area contributed by atoms with Crippen molar-refractivity contribution >= 4 is 23.2 Å². The predicted octanol–water partition coefficient (Wildman–Crippen LogP) is 4.81. The maximum atomic E-state index is 12.6. The predicted molar refractivity (Wildman–Crippen MR) is 141 cm³/mol. The van der Waals surface area contributed by atoms with Crippen molar-refractivity contribution in [1.29, 1.82) is 0 Å². The maximum absolute atomic E-state index is 12.6. The van der Waals surface area contributed by atoms with E-state index in [9.17, 15) is 9.90 Å². The Kier molecular flexibility index (Phi) is 6.67. The number of aromatic nitrogens is 3. The molecule has 0 bridgehead atoms. The number of amides is 1. The van der Waals surface area contributed by atoms with Crippen LogP contribution in [-0.2, 0) is 11.4 Å². The van der Waals surface area contributed by atoms with Gasteiger partial charge in [-0.15, -0.1) is 10.2 Å². The van der Waals surface area contributed by atoms with Crippen LogP contribution in [0.1, 0.15) is 47.7 Å². The minimum absolute atomic E-state index is 0.000517. The third kappa shape index (κ3) is 4.55. The monoisotopic (exact) mass is 499 g/mol. The number of carbonyl (C=O) groups excluding carboxylic acids is 1. The third-order valence-electron chi connectivity index (χ3n) is 6.27. The Morgan fingerprint density at radius 1 is 1.00 bits per heavy atom. The number of hydrogen-bond acceptors (Lipinski definition) is 5. The van der Waals surface area contributed by atoms with Gasteiger partial charge in [-0.3, -0.25) is 14.4 Å². The van der Waals surface area contributed by atoms with E-state index >= 15 is 0 Å². The number of fused-ring (bicyclic) bond motifs is 3. The van der Waals surface area contributed by atoms with E-state index in [1.807, 2.05) is 73.0 Å². The molecule has 2 heterocycles. The van der Waals surface area contributed by atoms with Crippen LogP contribution in [0, 0.1) is 6.92 Å². The first-order valence-corrected chi connectivity index (χ1v) is 12.2. The number of aliphatic imine (C=N–C) groups is 1. The number of rotatable bonds is 6. The second-order valence-corrected chi connectivity index (χ2v) is 9.12. The number of benzene rings is 3. The normalized spacial score (nSPS) is 14.4. The van der Waals surface area contributed by atoms with Crippen molar-refractivity contribution in [3.05, 3.63) is 100 Å². The summed E-state index contributed by atoms with van der Waals surface area (Å²) >= 11 is 6.19. The molecule has 1 aliphatic rings. The number of halogens is 1. The Hall–Kier alpha value is -3.81. The summed E-state index contributed by atoms with van der Waals surface area (Å²) < 4.78 is 1.99. The van der Waals surface area contributed by atoms with Gasteiger partial charge in [-0.05, 0) is 54.8 Å². The largest absolute Gasteiger partial charge is 0.392 e. The summed E-state index contributed by atoms with van der Waals surface area (Å²) in [6.07, 6.45) is 0.159. The lowest BCUT2D eigenvalue weighted by Gasteiger charge is -2.15. The second-order valence-electron chi connectivity index (χ2n) is 8.69. The smallest absolute Gasteiger partial charge is 0.222 e. The van der Waals surface area contributed by atoms with E-state index in [2.05, 4.69) is 27.6 Å². The van der Waals surface area contributed by atoms with Gasteiger partial charge in [0.2, 0.25) is 5.91 Å². The number of aryl methyl sites for hydroxylation is 1. The quantitative estimate of drug-likeness (QED) is 0.398. The molecular formula is C28H26ClN5O2. The molecule has 182 valence electrons. The van der Waals surface area contributed by atoms with Crippen LogP contribution >= 0.6 is 11.6 Å². The SMILES string of the molecule is CCNC(=O)C[C@@H]1N=C(c2ccc(Cl)cc2)c2cc(-c3ccc(CO)cc3)ccc2-n2c(C)nnc21. The number of nitrogens with one attached hydrogen (secondary N) is 1. The number of aliphatic hydroxyl groups is 1. The first-order chi connectivity index (χ1) is 17.5. The van der Waals surface area contributed by atoms with Gasteiger partial charge in [0, 0.05) is 22.7 Å². The number of hydrogen-bond donors (Lipinski definition) is 2. The van der Waals surface area contributed by atoms with Crippen LogP contribution in [-0.4, -0.2) is 38.0 Å². The van der Waals surface area contributed by atoms with Gasteiger partial charge in [-0.1, -0.05) is 54.1 Å². The maximum Gasteiger partial charge on any atom is 0.222 e. The number of aliphatic hydroxyl groups excluding tert-OH is 1. The average Bonchev–Trinajstić information content (AvgIpc) is 3.21. The van der Waals surface area contributed by atoms with Gasteiger partial charge in [0.1, 0.15) is 11.9 Å². The van der Waals surface area contributed by atoms with E-state index in [0.29, 0.717) is 17.4 Å². The summed E-state index contributed by atoms with van der Waals surface area (Å²) in [5.74, 6) is 1.26. The first kappa shape index (κ1) is 23.9. The molecule has 0 saturated heterocycles. The summed E-state index contributed by atoms with van der Waals surface area (Å²) in [5, 5.41) is 21.7. The molecule has 0 radical (unpaired) electrons. The van der Waals surface area contributed by atoms with Crippen molar-refractivity contribution < 1.29 is 9.90 Å². The Morgan fingerprint density at radius 3 is 2.39 bits per heavy atom. The molecule has 2 N–H and O–H groups in total. The molecule has 1 amide bonds. The zero-order valence-electron chi connectivity index (χ0n) is 20.1. The van der Waals surface area contributed by atoms with Gasteiger partial charge in [0.05, 0.1) is 24.4 Å². The number of carbonyl (C=O) groups is 1. The van der Waals surface area contributed by atoms with E-state index in [4.69, 9.17) is 16.6 Å². The van der Waals surface area contributed by atoms with Crippen molar-refractivity contribution in [2.75, 3.05) is 6.54 Å². The molecule has 7 nitrogen and oxygen atoms in total. The highest BCUT2D eigenvalue weighted by Crippen LogP contribution is 2.35. The van der Waals surface area contributed by atoms with E-state index < -0.39 is 6.04 Å². The summed E-state index contributed by atoms with van der Waals surface area (Å²) in [7, 11) is 0. The molecule has 0 unspecified atom stereocenters. The lowest BCUT2D eigenvalue weighted by Crippen LogP contribution is -2.25. The summed E-state index contributed by atoms with van der Waals surface area (Å²) in [6, 6.07) is 21.1. The highest BCUT2D eigenvalue weighted by Gasteiger charge is 2.29. The van der Waals surface area contributed by atoms with Crippen molar-refractivity contribution in [3.63, 3.8) is 0 Å². The molecule has 5 rings (SSSR count). The van der Waals surface area contributed by atoms with Crippen molar-refractivity contribution in [2.24, 2.45) is 4.99 Å². The Labute approximate surface area is 214 Å². The van der Waals surface area contributed by atoms with E-state index in [-0.39, 0.29) is 18.9 Å². The Balaban J connectivity index is 1.72. The van der Waals surface area contributed by atoms with E-state index in [1.165, 1.54) is 0 Å². The zero-order valence-corrected chi connectivity index (χ0v) is 20.8. The fraction of sp³-hybridized carbons (Fsp3) is 0.214. The standard InChI is InChI=1S/C28H26ClN5O2/c1-3-30-26(36)15-24-28-33-32-17(2)34(28)25-13-10-21(19-6-4-18(16-35)5-7-19)14-23(25)27(31-24)20-8-11-22(29)12-9-20/h4-14,24,35H,3,15-16H2,1-2H3,(H,30,36)/t24-/m0/s1. The van der Waals surface area contributed by atoms with E-state index in [1.54, 1.807) is 0 Å². The van der Waals surface area contributed by atoms with Crippen LogP contribution in [0.25, 0.3) is 16.8 Å². The van der Waals surface area contributed by atoms with Crippen molar-refractivity contribution in [1.82, 2.24) is 20.1 Å². The van der Waals surface area contributed by atoms with Gasteiger partial charge in [0.15, 0.2) is 5.82 Å². The Morgan fingerprint density at radius 2 is 1.69 bits per heavy atom. The summed E-state index contributed by atoms with van der Waals surface area (Å²) in [6.45, 7) is 4.34. The summed E-state index contributed by atoms with van der Waals surface area (Å²) in [5.41, 5.74) is 6.35. The molecule has 0 fully saturated rings. The topological polar surface area (TPSA) is 92.4 Å². The van der Waals surface area contributed by atoms with Crippen LogP contribution in [0.2, 0.25) is 5.02 Å². The van der Waals surface area contributed by atoms with Gasteiger partial charge in [-0.25, -0.2) is 0 Å². The lowest BCUT2D eigenvalue weighted by molar-refractivity contribution is -0.121. The molecule has 3 aromatic carbocycles. The third-order valence-corrected chi connectivity index (χ3v) is 6.52. The van der Waals surface area contributed by atoms with E-state index in [0.717, 1.165) is 45.0 Å². The minimum atomic E-state index is -0.511. The molecule has 4 aromatic rings. The van der Waals surface area contributed by atoms with Crippen LogP contribution in [0.15, 0.2) is 71.7 Å². The van der Waals surface area contributed by atoms with Crippen LogP contribution < -0.4 is 5.32 Å². The van der Waals surface area contributed by atoms with Crippen molar-refractivity contribution in [2.45, 2.75) is 32.9 Å². The second kappa shape index (κ2) is 10.0. The minimum Gasteiger partial charge on any atom is -0.392 e. The number of nitrogens with zero attached hydrogens (tertiary/aromatic N) is 4. The van der Waals surface area contributed by atoms with Gasteiger partial charge in [0.25, 0.3) is 0 Å². The average molecular weight is 500 g/mol. The molecule has 1 atom stereocenters. The highest BCUT2D eigenvalue weighted by molar-refractivity contribution is 6.30. The molecule has 8 heteroatoms. The molecule has 36 heavy (non-hydrogen) atoms. The van der Waals surface area contributed by atoms with Gasteiger partial charge in [-0.2, -0.15) is 0 Å². The molecule has 0 saturated carbocycles. The van der Waals surface area contributed by atoms with Gasteiger partial charge < -0.3 is 10.4 Å². The Bertz CT molecular complexity index is 1440. The molecule has 1 aliphatic heterocycles.